The number of carbonyl (C=O) groups is 1. The molecule has 0 aliphatic carbocycles. The van der Waals surface area contributed by atoms with E-state index in [0.717, 1.165) is 16.7 Å². The van der Waals surface area contributed by atoms with Gasteiger partial charge in [-0.3, -0.25) is 4.79 Å². The second-order valence-corrected chi connectivity index (χ2v) is 9.91. The van der Waals surface area contributed by atoms with Gasteiger partial charge in [-0.15, -0.1) is 0 Å². The van der Waals surface area contributed by atoms with Crippen molar-refractivity contribution in [2.75, 3.05) is 30.3 Å². The monoisotopic (exact) mass is 427 g/mol. The molecular weight excluding hydrogens is 402 g/mol. The summed E-state index contributed by atoms with van der Waals surface area (Å²) in [4.78, 5) is 21.6. The number of rotatable bonds is 4. The van der Waals surface area contributed by atoms with E-state index in [9.17, 15) is 13.2 Å². The molecule has 1 atom stereocenters. The Morgan fingerprint density at radius 3 is 2.70 bits per heavy atom. The molecule has 30 heavy (non-hydrogen) atoms. The molecule has 7 nitrogen and oxygen atoms in total. The zero-order valence-electron chi connectivity index (χ0n) is 17.3. The highest BCUT2D eigenvalue weighted by Crippen LogP contribution is 2.26. The molecule has 0 radical (unpaired) electrons. The Labute approximate surface area is 176 Å². The second-order valence-electron chi connectivity index (χ2n) is 7.66. The first kappa shape index (κ1) is 20.4. The number of amides is 1. The summed E-state index contributed by atoms with van der Waals surface area (Å²) in [6.45, 7) is 7.11. The Morgan fingerprint density at radius 1 is 1.20 bits per heavy atom. The minimum atomic E-state index is -3.49. The van der Waals surface area contributed by atoms with Gasteiger partial charge in [-0.25, -0.2) is 8.42 Å². The molecule has 1 amide bonds. The number of aryl methyl sites for hydroxylation is 1. The van der Waals surface area contributed by atoms with Crippen LogP contribution in [0.1, 0.15) is 29.8 Å². The Morgan fingerprint density at radius 2 is 1.97 bits per heavy atom. The van der Waals surface area contributed by atoms with Crippen molar-refractivity contribution in [3.05, 3.63) is 53.6 Å². The lowest BCUT2D eigenvalue weighted by molar-refractivity contribution is 0.0667. The molecule has 0 saturated carbocycles. The average molecular weight is 428 g/mol. The third kappa shape index (κ3) is 3.67. The number of piperazine rings is 1. The van der Waals surface area contributed by atoms with E-state index < -0.39 is 9.84 Å². The van der Waals surface area contributed by atoms with Gasteiger partial charge in [0.2, 0.25) is 0 Å². The third-order valence-corrected chi connectivity index (χ3v) is 7.31. The Kier molecular flexibility index (Phi) is 5.27. The molecule has 1 aromatic heterocycles. The maximum absolute atomic E-state index is 13.2. The first-order chi connectivity index (χ1) is 14.3. The van der Waals surface area contributed by atoms with E-state index >= 15 is 0 Å². The van der Waals surface area contributed by atoms with Gasteiger partial charge in [0.05, 0.1) is 16.2 Å². The largest absolute Gasteiger partial charge is 0.423 e. The number of anilines is 1. The number of carbonyl (C=O) groups excluding carboxylic acids is 1. The molecule has 1 saturated heterocycles. The topological polar surface area (TPSA) is 83.7 Å². The van der Waals surface area contributed by atoms with E-state index in [-0.39, 0.29) is 28.2 Å². The van der Waals surface area contributed by atoms with Gasteiger partial charge in [0.15, 0.2) is 15.4 Å². The van der Waals surface area contributed by atoms with Gasteiger partial charge in [-0.1, -0.05) is 25.1 Å². The maximum Gasteiger partial charge on any atom is 0.298 e. The normalized spacial score (nSPS) is 17.5. The summed E-state index contributed by atoms with van der Waals surface area (Å²) in [5.41, 5.74) is 2.89. The number of nitrogens with zero attached hydrogens (tertiary/aromatic N) is 3. The molecule has 158 valence electrons. The molecule has 4 rings (SSSR count). The van der Waals surface area contributed by atoms with E-state index in [4.69, 9.17) is 4.42 Å². The standard InChI is InChI=1S/C22H25N3O4S/c1-4-30(27,28)20-8-6-5-7-17(20)21(26)25-12-11-24(14-16(25)3)22-23-18-10-9-15(2)13-19(18)29-22/h5-10,13,16H,4,11-12,14H2,1-3H3. The SMILES string of the molecule is CCS(=O)(=O)c1ccccc1C(=O)N1CCN(c2nc3ccc(C)cc3o2)CC1C. The zero-order chi connectivity index (χ0) is 21.5. The quantitative estimate of drug-likeness (QED) is 0.635. The molecule has 0 bridgehead atoms. The maximum atomic E-state index is 13.2. The van der Waals surface area contributed by atoms with Crippen LogP contribution in [0.3, 0.4) is 0 Å². The van der Waals surface area contributed by atoms with Crippen LogP contribution in [0.15, 0.2) is 51.8 Å². The lowest BCUT2D eigenvalue weighted by Gasteiger charge is -2.39. The van der Waals surface area contributed by atoms with Gasteiger partial charge in [-0.05, 0) is 43.7 Å². The van der Waals surface area contributed by atoms with Gasteiger partial charge in [0.25, 0.3) is 11.9 Å². The highest BCUT2D eigenvalue weighted by Gasteiger charge is 2.32. The molecule has 2 aromatic carbocycles. The summed E-state index contributed by atoms with van der Waals surface area (Å²) >= 11 is 0. The lowest BCUT2D eigenvalue weighted by atomic mass is 10.1. The summed E-state index contributed by atoms with van der Waals surface area (Å²) in [5, 5.41) is 0. The fraction of sp³-hybridized carbons (Fsp3) is 0.364. The van der Waals surface area contributed by atoms with E-state index in [1.165, 1.54) is 6.07 Å². The van der Waals surface area contributed by atoms with Crippen molar-refractivity contribution in [3.8, 4) is 0 Å². The van der Waals surface area contributed by atoms with Gasteiger partial charge in [-0.2, -0.15) is 4.98 Å². The number of fused-ring (bicyclic) bond motifs is 1. The molecular formula is C22H25N3O4S. The highest BCUT2D eigenvalue weighted by atomic mass is 32.2. The molecule has 2 heterocycles. The van der Waals surface area contributed by atoms with Crippen molar-refractivity contribution in [1.82, 2.24) is 9.88 Å². The first-order valence-corrected chi connectivity index (χ1v) is 11.7. The zero-order valence-corrected chi connectivity index (χ0v) is 18.1. The number of hydrogen-bond donors (Lipinski definition) is 0. The number of aromatic nitrogens is 1. The fourth-order valence-electron chi connectivity index (χ4n) is 3.81. The Hall–Kier alpha value is -2.87. The molecule has 1 unspecified atom stereocenters. The third-order valence-electron chi connectivity index (χ3n) is 5.52. The molecule has 1 aliphatic heterocycles. The van der Waals surface area contributed by atoms with Crippen LogP contribution in [0.25, 0.3) is 11.1 Å². The summed E-state index contributed by atoms with van der Waals surface area (Å²) in [6, 6.07) is 12.8. The summed E-state index contributed by atoms with van der Waals surface area (Å²) in [7, 11) is -3.49. The van der Waals surface area contributed by atoms with Crippen LogP contribution >= 0.6 is 0 Å². The Bertz CT molecular complexity index is 1200. The van der Waals surface area contributed by atoms with E-state index in [0.29, 0.717) is 25.6 Å². The average Bonchev–Trinajstić information content (AvgIpc) is 3.16. The van der Waals surface area contributed by atoms with Crippen LogP contribution in [0.2, 0.25) is 0 Å². The molecule has 0 N–H and O–H groups in total. The lowest BCUT2D eigenvalue weighted by Crippen LogP contribution is -2.54. The van der Waals surface area contributed by atoms with Crippen LogP contribution in [0, 0.1) is 6.92 Å². The van der Waals surface area contributed by atoms with Gasteiger partial charge in [0.1, 0.15) is 5.52 Å². The predicted octanol–water partition coefficient (Wildman–Crippen LogP) is 3.28. The summed E-state index contributed by atoms with van der Waals surface area (Å²) < 4.78 is 30.8. The fourth-order valence-corrected chi connectivity index (χ4v) is 4.90. The predicted molar refractivity (Wildman–Crippen MR) is 116 cm³/mol. The molecule has 0 spiro atoms. The van der Waals surface area contributed by atoms with Crippen molar-refractivity contribution in [2.45, 2.75) is 31.7 Å². The smallest absolute Gasteiger partial charge is 0.298 e. The minimum absolute atomic E-state index is 0.0438. The van der Waals surface area contributed by atoms with Crippen LogP contribution in [-0.2, 0) is 9.84 Å². The van der Waals surface area contributed by atoms with E-state index in [1.807, 2.05) is 36.9 Å². The van der Waals surface area contributed by atoms with Crippen molar-refractivity contribution in [3.63, 3.8) is 0 Å². The van der Waals surface area contributed by atoms with Crippen molar-refractivity contribution in [2.24, 2.45) is 0 Å². The van der Waals surface area contributed by atoms with Crippen molar-refractivity contribution < 1.29 is 17.6 Å². The number of hydrogen-bond acceptors (Lipinski definition) is 6. The van der Waals surface area contributed by atoms with E-state index in [1.54, 1.807) is 30.0 Å². The van der Waals surface area contributed by atoms with Crippen LogP contribution < -0.4 is 4.90 Å². The Balaban J connectivity index is 1.56. The minimum Gasteiger partial charge on any atom is -0.423 e. The van der Waals surface area contributed by atoms with Crippen molar-refractivity contribution in [1.29, 1.82) is 0 Å². The van der Waals surface area contributed by atoms with Gasteiger partial charge >= 0.3 is 0 Å². The van der Waals surface area contributed by atoms with Crippen LogP contribution in [0.4, 0.5) is 6.01 Å². The van der Waals surface area contributed by atoms with E-state index in [2.05, 4.69) is 4.98 Å². The number of sulfone groups is 1. The van der Waals surface area contributed by atoms with Gasteiger partial charge in [0, 0.05) is 25.7 Å². The van der Waals surface area contributed by atoms with Crippen LogP contribution in [-0.4, -0.2) is 55.6 Å². The molecule has 3 aromatic rings. The van der Waals surface area contributed by atoms with Crippen LogP contribution in [0.5, 0.6) is 0 Å². The number of benzene rings is 2. The summed E-state index contributed by atoms with van der Waals surface area (Å²) in [5.74, 6) is -0.305. The molecule has 8 heteroatoms. The second kappa shape index (κ2) is 7.75. The summed E-state index contributed by atoms with van der Waals surface area (Å²) in [6.07, 6.45) is 0. The number of oxazole rings is 1. The van der Waals surface area contributed by atoms with Gasteiger partial charge < -0.3 is 14.2 Å². The van der Waals surface area contributed by atoms with Crippen molar-refractivity contribution >= 4 is 32.9 Å². The molecule has 1 aliphatic rings. The highest BCUT2D eigenvalue weighted by molar-refractivity contribution is 7.91. The first-order valence-electron chi connectivity index (χ1n) is 10.0. The molecule has 1 fully saturated rings.